The van der Waals surface area contributed by atoms with Gasteiger partial charge in [-0.15, -0.1) is 0 Å². The van der Waals surface area contributed by atoms with Crippen molar-refractivity contribution >= 4 is 12.2 Å². The number of likely N-dealkylation sites (N-methyl/N-ethyl adjacent to an activating group) is 1. The minimum absolute atomic E-state index is 0.140. The van der Waals surface area contributed by atoms with Gasteiger partial charge in [0.1, 0.15) is 0 Å². The van der Waals surface area contributed by atoms with Crippen molar-refractivity contribution in [1.82, 2.24) is 4.90 Å². The van der Waals surface area contributed by atoms with Crippen molar-refractivity contribution in [2.24, 2.45) is 0 Å². The van der Waals surface area contributed by atoms with Crippen LogP contribution in [0.25, 0.3) is 0 Å². The molecule has 3 nitrogen and oxygen atoms in total. The molecule has 0 radical (unpaired) electrons. The molecule has 1 amide bonds. The van der Waals surface area contributed by atoms with Gasteiger partial charge in [-0.1, -0.05) is 25.3 Å². The first kappa shape index (κ1) is 19.3. The smallest absolute Gasteiger partial charge is 0.254 e. The van der Waals surface area contributed by atoms with E-state index >= 15 is 0 Å². The van der Waals surface area contributed by atoms with Crippen molar-refractivity contribution in [3.8, 4) is 0 Å². The molecule has 0 aliphatic rings. The van der Waals surface area contributed by atoms with Crippen LogP contribution >= 0.6 is 0 Å². The number of rotatable bonds is 6. The molecule has 0 fully saturated rings. The van der Waals surface area contributed by atoms with Gasteiger partial charge in [-0.05, 0) is 0 Å². The Morgan fingerprint density at radius 2 is 1.42 bits per heavy atom. The van der Waals surface area contributed by atoms with E-state index in [1.807, 2.05) is 0 Å². The van der Waals surface area contributed by atoms with Gasteiger partial charge >= 0.3 is 0 Å². The van der Waals surface area contributed by atoms with Crippen LogP contribution in [-0.4, -0.2) is 24.1 Å². The highest BCUT2D eigenvalue weighted by Gasteiger charge is 2.27. The molecule has 24 heavy (non-hydrogen) atoms. The molecular weight excluding hydrogens is 333 g/mol. The van der Waals surface area contributed by atoms with Crippen LogP contribution < -0.4 is 0 Å². The molecule has 0 saturated carbocycles. The SMILES string of the molecule is C=C/C(C=O)=C(\C=C)C(=O)N(C)Cc1c(F)c(F)c(F)c(F)c1F. The topological polar surface area (TPSA) is 37.4 Å². The lowest BCUT2D eigenvalue weighted by molar-refractivity contribution is -0.126. The van der Waals surface area contributed by atoms with E-state index in [1.165, 1.54) is 0 Å². The van der Waals surface area contributed by atoms with Gasteiger partial charge in [0.05, 0.1) is 6.54 Å². The zero-order valence-corrected chi connectivity index (χ0v) is 12.5. The average molecular weight is 345 g/mol. The first-order valence-corrected chi connectivity index (χ1v) is 6.41. The summed E-state index contributed by atoms with van der Waals surface area (Å²) in [6, 6.07) is 0. The Balaban J connectivity index is 3.30. The van der Waals surface area contributed by atoms with Crippen LogP contribution in [0.4, 0.5) is 22.0 Å². The van der Waals surface area contributed by atoms with Crippen molar-refractivity contribution < 1.29 is 31.5 Å². The second-order valence-corrected chi connectivity index (χ2v) is 4.60. The summed E-state index contributed by atoms with van der Waals surface area (Å²) in [4.78, 5) is 23.7. The van der Waals surface area contributed by atoms with Gasteiger partial charge in [-0.25, -0.2) is 22.0 Å². The van der Waals surface area contributed by atoms with Crippen LogP contribution in [-0.2, 0) is 16.1 Å². The van der Waals surface area contributed by atoms with E-state index in [4.69, 9.17) is 0 Å². The van der Waals surface area contributed by atoms with E-state index in [-0.39, 0.29) is 11.1 Å². The molecule has 1 aromatic rings. The lowest BCUT2D eigenvalue weighted by atomic mass is 10.1. The monoisotopic (exact) mass is 345 g/mol. The van der Waals surface area contributed by atoms with E-state index in [9.17, 15) is 31.5 Å². The second kappa shape index (κ2) is 7.67. The second-order valence-electron chi connectivity index (χ2n) is 4.60. The average Bonchev–Trinajstić information content (AvgIpc) is 2.58. The molecule has 0 aromatic heterocycles. The van der Waals surface area contributed by atoms with Gasteiger partial charge in [0.15, 0.2) is 29.6 Å². The van der Waals surface area contributed by atoms with Gasteiger partial charge < -0.3 is 4.90 Å². The predicted molar refractivity (Wildman–Crippen MR) is 76.2 cm³/mol. The molecule has 0 aliphatic heterocycles. The van der Waals surface area contributed by atoms with Crippen molar-refractivity contribution in [3.05, 3.63) is 71.1 Å². The van der Waals surface area contributed by atoms with Crippen LogP contribution in [0.3, 0.4) is 0 Å². The number of nitrogens with zero attached hydrogens (tertiary/aromatic N) is 1. The van der Waals surface area contributed by atoms with Crippen LogP contribution in [0.2, 0.25) is 0 Å². The summed E-state index contributed by atoms with van der Waals surface area (Å²) in [6.07, 6.45) is 2.39. The van der Waals surface area contributed by atoms with Crippen LogP contribution in [0.1, 0.15) is 5.56 Å². The lowest BCUT2D eigenvalue weighted by Gasteiger charge is -2.19. The minimum Gasteiger partial charge on any atom is -0.337 e. The predicted octanol–water partition coefficient (Wildman–Crippen LogP) is 3.21. The molecule has 0 unspecified atom stereocenters. The minimum atomic E-state index is -2.29. The third-order valence-electron chi connectivity index (χ3n) is 3.14. The van der Waals surface area contributed by atoms with Gasteiger partial charge in [-0.2, -0.15) is 0 Å². The van der Waals surface area contributed by atoms with Crippen molar-refractivity contribution in [3.63, 3.8) is 0 Å². The van der Waals surface area contributed by atoms with Crippen LogP contribution in [0.5, 0.6) is 0 Å². The van der Waals surface area contributed by atoms with Crippen molar-refractivity contribution in [1.29, 1.82) is 0 Å². The van der Waals surface area contributed by atoms with E-state index in [2.05, 4.69) is 13.2 Å². The molecule has 0 N–H and O–H groups in total. The Morgan fingerprint density at radius 1 is 0.958 bits per heavy atom. The maximum atomic E-state index is 13.6. The van der Waals surface area contributed by atoms with Crippen LogP contribution in [0, 0.1) is 29.1 Å². The van der Waals surface area contributed by atoms with Crippen molar-refractivity contribution in [2.75, 3.05) is 7.05 Å². The van der Waals surface area contributed by atoms with Gasteiger partial charge in [0.2, 0.25) is 5.82 Å². The maximum Gasteiger partial charge on any atom is 0.254 e. The number of carbonyl (C=O) groups is 2. The molecule has 128 valence electrons. The Hall–Kier alpha value is -2.77. The van der Waals surface area contributed by atoms with E-state index in [0.717, 1.165) is 19.2 Å². The molecule has 0 atom stereocenters. The Labute approximate surface area is 134 Å². The molecule has 1 aromatic carbocycles. The molecular formula is C16H12F5NO2. The first-order valence-electron chi connectivity index (χ1n) is 6.41. The van der Waals surface area contributed by atoms with E-state index in [1.54, 1.807) is 0 Å². The third-order valence-corrected chi connectivity index (χ3v) is 3.14. The molecule has 8 heteroatoms. The molecule has 0 aliphatic carbocycles. The molecule has 0 bridgehead atoms. The number of halogens is 5. The highest BCUT2D eigenvalue weighted by molar-refractivity contribution is 6.02. The third kappa shape index (κ3) is 3.42. The zero-order valence-electron chi connectivity index (χ0n) is 12.5. The molecule has 0 spiro atoms. The fourth-order valence-electron chi connectivity index (χ4n) is 1.85. The van der Waals surface area contributed by atoms with E-state index < -0.39 is 47.1 Å². The normalized spacial score (nSPS) is 11.6. The highest BCUT2D eigenvalue weighted by Crippen LogP contribution is 2.24. The first-order chi connectivity index (χ1) is 11.2. The summed E-state index contributed by atoms with van der Waals surface area (Å²) in [5.41, 5.74) is -1.54. The summed E-state index contributed by atoms with van der Waals surface area (Å²) in [5.74, 6) is -11.5. The number of amides is 1. The van der Waals surface area contributed by atoms with Gasteiger partial charge in [-0.3, -0.25) is 9.59 Å². The number of allylic oxidation sites excluding steroid dienone is 2. The fourth-order valence-corrected chi connectivity index (χ4v) is 1.85. The largest absolute Gasteiger partial charge is 0.337 e. The summed E-state index contributed by atoms with van der Waals surface area (Å²) in [6.45, 7) is 5.74. The van der Waals surface area contributed by atoms with Crippen LogP contribution in [0.15, 0.2) is 36.5 Å². The lowest BCUT2D eigenvalue weighted by Crippen LogP contribution is -2.29. The number of aldehydes is 1. The molecule has 0 saturated heterocycles. The quantitative estimate of drug-likeness (QED) is 0.198. The number of benzene rings is 1. The van der Waals surface area contributed by atoms with Crippen molar-refractivity contribution in [2.45, 2.75) is 6.54 Å². The Bertz CT molecular complexity index is 716. The number of carbonyl (C=O) groups excluding carboxylic acids is 2. The summed E-state index contributed by atoms with van der Waals surface area (Å²) < 4.78 is 66.6. The molecule has 0 heterocycles. The Kier molecular flexibility index (Phi) is 6.16. The number of hydrogen-bond donors (Lipinski definition) is 0. The van der Waals surface area contributed by atoms with Gasteiger partial charge in [0.25, 0.3) is 5.91 Å². The highest BCUT2D eigenvalue weighted by atomic mass is 19.2. The Morgan fingerprint density at radius 3 is 1.79 bits per heavy atom. The summed E-state index contributed by atoms with van der Waals surface area (Å²) >= 11 is 0. The number of hydrogen-bond acceptors (Lipinski definition) is 2. The zero-order chi connectivity index (χ0) is 18.6. The summed E-state index contributed by atoms with van der Waals surface area (Å²) in [5, 5.41) is 0. The summed E-state index contributed by atoms with van der Waals surface area (Å²) in [7, 11) is 1.06. The standard InChI is InChI=1S/C16H12F5NO2/c1-4-8(7-23)9(5-2)16(24)22(3)6-10-11(17)13(19)15(21)14(20)12(10)18/h4-5,7H,1-2,6H2,3H3/b9-8-. The fraction of sp³-hybridized carbons (Fsp3) is 0.125. The van der Waals surface area contributed by atoms with E-state index in [0.29, 0.717) is 11.2 Å². The van der Waals surface area contributed by atoms with Gasteiger partial charge in [0, 0.05) is 23.8 Å². The maximum absolute atomic E-state index is 13.6. The molecule has 1 rings (SSSR count).